The maximum atomic E-state index is 11.6. The molecule has 1 heterocycles. The van der Waals surface area contributed by atoms with E-state index in [0.29, 0.717) is 0 Å². The molecule has 1 aromatic carbocycles. The fourth-order valence-electron chi connectivity index (χ4n) is 3.05. The molecule has 0 amide bonds. The lowest BCUT2D eigenvalue weighted by atomic mass is 9.63. The Labute approximate surface area is 105 Å². The van der Waals surface area contributed by atoms with Crippen LogP contribution < -0.4 is 0 Å². The molecule has 1 aromatic heterocycles. The first kappa shape index (κ1) is 11.3. The summed E-state index contributed by atoms with van der Waals surface area (Å²) in [6.07, 6.45) is 2.45. The molecule has 2 aromatic rings. The highest BCUT2D eigenvalue weighted by Crippen LogP contribution is 2.46. The van der Waals surface area contributed by atoms with Crippen LogP contribution in [-0.2, 0) is 17.3 Å². The molecule has 1 fully saturated rings. The summed E-state index contributed by atoms with van der Waals surface area (Å²) in [6.45, 7) is 1.94. The minimum absolute atomic E-state index is 0.687. The Morgan fingerprint density at radius 2 is 2.17 bits per heavy atom. The monoisotopic (exact) mass is 244 g/mol. The predicted octanol–water partition coefficient (Wildman–Crippen LogP) is 2.39. The van der Waals surface area contributed by atoms with Crippen LogP contribution in [0.2, 0.25) is 0 Å². The SMILES string of the molecule is Cc1nn(C)c2cccc(C3(C(=O)O)CCC3)c12. The number of hydrogen-bond acceptors (Lipinski definition) is 2. The number of rotatable bonds is 2. The smallest absolute Gasteiger partial charge is 0.314 e. The number of carboxylic acids is 1. The summed E-state index contributed by atoms with van der Waals surface area (Å²) in [5.74, 6) is -0.704. The summed E-state index contributed by atoms with van der Waals surface area (Å²) in [4.78, 5) is 11.6. The summed E-state index contributed by atoms with van der Waals surface area (Å²) in [6, 6.07) is 5.87. The number of aromatic nitrogens is 2. The third-order valence-electron chi connectivity index (χ3n) is 4.18. The van der Waals surface area contributed by atoms with E-state index in [0.717, 1.165) is 41.4 Å². The number of aliphatic carboxylic acids is 1. The lowest BCUT2D eigenvalue weighted by Crippen LogP contribution is -2.42. The van der Waals surface area contributed by atoms with Crippen molar-refractivity contribution in [3.63, 3.8) is 0 Å². The molecule has 0 unspecified atom stereocenters. The number of aryl methyl sites for hydroxylation is 2. The molecule has 18 heavy (non-hydrogen) atoms. The van der Waals surface area contributed by atoms with Gasteiger partial charge in [0.25, 0.3) is 0 Å². The third kappa shape index (κ3) is 1.26. The number of carbonyl (C=O) groups is 1. The van der Waals surface area contributed by atoms with Gasteiger partial charge in [0.05, 0.1) is 16.6 Å². The van der Waals surface area contributed by atoms with E-state index in [4.69, 9.17) is 0 Å². The van der Waals surface area contributed by atoms with Gasteiger partial charge in [-0.05, 0) is 31.4 Å². The molecule has 3 rings (SSSR count). The zero-order valence-electron chi connectivity index (χ0n) is 10.6. The normalized spacial score (nSPS) is 17.7. The number of carboxylic acid groups (broad SMARTS) is 1. The highest BCUT2D eigenvalue weighted by Gasteiger charge is 2.47. The molecule has 1 saturated carbocycles. The summed E-state index contributed by atoms with van der Waals surface area (Å²) in [5.41, 5.74) is 2.17. The standard InChI is InChI=1S/C14H16N2O2/c1-9-12-10(14(13(17)18)7-4-8-14)5-3-6-11(12)16(2)15-9/h3,5-6H,4,7-8H2,1-2H3,(H,17,18). The Balaban J connectivity index is 2.33. The first-order valence-electron chi connectivity index (χ1n) is 6.22. The number of benzene rings is 1. The van der Waals surface area contributed by atoms with Crippen molar-refractivity contribution in [1.29, 1.82) is 0 Å². The second-order valence-electron chi connectivity index (χ2n) is 5.15. The van der Waals surface area contributed by atoms with E-state index < -0.39 is 11.4 Å². The van der Waals surface area contributed by atoms with Crippen molar-refractivity contribution in [1.82, 2.24) is 9.78 Å². The molecule has 4 heteroatoms. The van der Waals surface area contributed by atoms with E-state index in [1.807, 2.05) is 36.9 Å². The van der Waals surface area contributed by atoms with Gasteiger partial charge in [0.1, 0.15) is 0 Å². The van der Waals surface area contributed by atoms with Gasteiger partial charge in [-0.1, -0.05) is 18.6 Å². The van der Waals surface area contributed by atoms with Crippen molar-refractivity contribution in [3.05, 3.63) is 29.5 Å². The average molecular weight is 244 g/mol. The van der Waals surface area contributed by atoms with Crippen molar-refractivity contribution in [2.45, 2.75) is 31.6 Å². The van der Waals surface area contributed by atoms with E-state index in [-0.39, 0.29) is 0 Å². The highest BCUT2D eigenvalue weighted by molar-refractivity contribution is 5.93. The molecule has 0 aliphatic heterocycles. The van der Waals surface area contributed by atoms with Crippen LogP contribution in [-0.4, -0.2) is 20.9 Å². The summed E-state index contributed by atoms with van der Waals surface area (Å²) < 4.78 is 1.82. The van der Waals surface area contributed by atoms with Gasteiger partial charge in [-0.2, -0.15) is 5.10 Å². The van der Waals surface area contributed by atoms with E-state index in [1.54, 1.807) is 0 Å². The summed E-state index contributed by atoms with van der Waals surface area (Å²) >= 11 is 0. The van der Waals surface area contributed by atoms with Crippen LogP contribution >= 0.6 is 0 Å². The van der Waals surface area contributed by atoms with Crippen molar-refractivity contribution >= 4 is 16.9 Å². The molecule has 94 valence electrons. The second kappa shape index (κ2) is 3.57. The first-order valence-corrected chi connectivity index (χ1v) is 6.22. The van der Waals surface area contributed by atoms with Crippen molar-refractivity contribution in [3.8, 4) is 0 Å². The Morgan fingerprint density at radius 3 is 2.72 bits per heavy atom. The fraction of sp³-hybridized carbons (Fsp3) is 0.429. The van der Waals surface area contributed by atoms with Gasteiger partial charge in [-0.25, -0.2) is 0 Å². The molecule has 1 aliphatic rings. The van der Waals surface area contributed by atoms with E-state index >= 15 is 0 Å². The Hall–Kier alpha value is -1.84. The fourth-order valence-corrected chi connectivity index (χ4v) is 3.05. The van der Waals surface area contributed by atoms with Gasteiger partial charge >= 0.3 is 5.97 Å². The van der Waals surface area contributed by atoms with Crippen molar-refractivity contribution in [2.24, 2.45) is 7.05 Å². The molecule has 0 atom stereocenters. The number of fused-ring (bicyclic) bond motifs is 1. The molecule has 1 N–H and O–H groups in total. The molecular weight excluding hydrogens is 228 g/mol. The van der Waals surface area contributed by atoms with Crippen LogP contribution in [0.1, 0.15) is 30.5 Å². The van der Waals surface area contributed by atoms with Gasteiger partial charge in [0.15, 0.2) is 0 Å². The first-order chi connectivity index (χ1) is 8.56. The van der Waals surface area contributed by atoms with Crippen LogP contribution in [0.5, 0.6) is 0 Å². The Morgan fingerprint density at radius 1 is 1.44 bits per heavy atom. The Kier molecular flexibility index (Phi) is 2.24. The van der Waals surface area contributed by atoms with Crippen LogP contribution in [0.25, 0.3) is 10.9 Å². The minimum atomic E-state index is -0.704. The quantitative estimate of drug-likeness (QED) is 0.882. The van der Waals surface area contributed by atoms with Gasteiger partial charge < -0.3 is 5.11 Å². The molecule has 4 nitrogen and oxygen atoms in total. The highest BCUT2D eigenvalue weighted by atomic mass is 16.4. The topological polar surface area (TPSA) is 55.1 Å². The summed E-state index contributed by atoms with van der Waals surface area (Å²) in [5, 5.41) is 15.0. The van der Waals surface area contributed by atoms with E-state index in [2.05, 4.69) is 5.10 Å². The Bertz CT molecular complexity index is 639. The molecule has 0 radical (unpaired) electrons. The lowest BCUT2D eigenvalue weighted by Gasteiger charge is -2.38. The third-order valence-corrected chi connectivity index (χ3v) is 4.18. The maximum absolute atomic E-state index is 11.6. The van der Waals surface area contributed by atoms with Crippen molar-refractivity contribution in [2.75, 3.05) is 0 Å². The van der Waals surface area contributed by atoms with Gasteiger partial charge in [0, 0.05) is 12.4 Å². The zero-order valence-corrected chi connectivity index (χ0v) is 10.6. The molecule has 0 spiro atoms. The van der Waals surface area contributed by atoms with Crippen molar-refractivity contribution < 1.29 is 9.90 Å². The lowest BCUT2D eigenvalue weighted by molar-refractivity contribution is -0.147. The van der Waals surface area contributed by atoms with Crippen LogP contribution in [0.3, 0.4) is 0 Å². The minimum Gasteiger partial charge on any atom is -0.481 e. The maximum Gasteiger partial charge on any atom is 0.314 e. The van der Waals surface area contributed by atoms with Crippen LogP contribution in [0.15, 0.2) is 18.2 Å². The van der Waals surface area contributed by atoms with E-state index in [9.17, 15) is 9.90 Å². The van der Waals surface area contributed by atoms with Gasteiger partial charge in [-0.3, -0.25) is 9.48 Å². The zero-order chi connectivity index (χ0) is 12.9. The van der Waals surface area contributed by atoms with Gasteiger partial charge in [-0.15, -0.1) is 0 Å². The average Bonchev–Trinajstić information content (AvgIpc) is 2.53. The molecule has 1 aliphatic carbocycles. The second-order valence-corrected chi connectivity index (χ2v) is 5.15. The summed E-state index contributed by atoms with van der Waals surface area (Å²) in [7, 11) is 1.90. The van der Waals surface area contributed by atoms with Crippen LogP contribution in [0.4, 0.5) is 0 Å². The van der Waals surface area contributed by atoms with Crippen LogP contribution in [0, 0.1) is 6.92 Å². The van der Waals surface area contributed by atoms with Gasteiger partial charge in [0.2, 0.25) is 0 Å². The predicted molar refractivity (Wildman–Crippen MR) is 68.6 cm³/mol. The number of nitrogens with zero attached hydrogens (tertiary/aromatic N) is 2. The van der Waals surface area contributed by atoms with E-state index in [1.165, 1.54) is 0 Å². The molecule has 0 saturated heterocycles. The largest absolute Gasteiger partial charge is 0.481 e. The molecule has 0 bridgehead atoms. The number of hydrogen-bond donors (Lipinski definition) is 1. The molecular formula is C14H16N2O2.